The van der Waals surface area contributed by atoms with Crippen molar-refractivity contribution in [3.05, 3.63) is 47.5 Å². The van der Waals surface area contributed by atoms with Crippen molar-refractivity contribution in [3.8, 4) is 0 Å². The maximum Gasteiger partial charge on any atom is 0.302 e. The number of ketones is 1. The van der Waals surface area contributed by atoms with Gasteiger partial charge in [-0.05, 0) is 74.2 Å². The van der Waals surface area contributed by atoms with E-state index in [1.54, 1.807) is 6.92 Å². The van der Waals surface area contributed by atoms with Crippen molar-refractivity contribution < 1.29 is 19.2 Å². The number of hydrogen-bond donors (Lipinski definition) is 0. The molecule has 5 aliphatic rings. The molecule has 0 unspecified atom stereocenters. The molecule has 186 valence electrons. The first kappa shape index (κ1) is 23.0. The van der Waals surface area contributed by atoms with E-state index in [1.807, 2.05) is 18.2 Å². The van der Waals surface area contributed by atoms with Gasteiger partial charge in [0.15, 0.2) is 5.78 Å². The van der Waals surface area contributed by atoms with Crippen molar-refractivity contribution in [2.75, 3.05) is 0 Å². The molecule has 3 fully saturated rings. The summed E-state index contributed by atoms with van der Waals surface area (Å²) in [6, 6.07) is 10.3. The van der Waals surface area contributed by atoms with Crippen molar-refractivity contribution in [1.29, 1.82) is 0 Å². The fourth-order valence-corrected chi connectivity index (χ4v) is 9.23. The molecule has 0 N–H and O–H groups in total. The summed E-state index contributed by atoms with van der Waals surface area (Å²) < 4.78 is 5.60. The van der Waals surface area contributed by atoms with Gasteiger partial charge in [-0.15, -0.1) is 0 Å². The monoisotopic (exact) mass is 475 g/mol. The van der Waals surface area contributed by atoms with Gasteiger partial charge in [0.2, 0.25) is 5.60 Å². The lowest BCUT2D eigenvalue weighted by Crippen LogP contribution is -2.58. The molecule has 3 saturated carbocycles. The van der Waals surface area contributed by atoms with Crippen LogP contribution < -0.4 is 0 Å². The maximum absolute atomic E-state index is 13.4. The van der Waals surface area contributed by atoms with Crippen LogP contribution >= 0.6 is 0 Å². The number of nitrogens with zero attached hydrogens (tertiary/aromatic N) is 1. The normalized spacial score (nSPS) is 43.5. The topological polar surface area (TPSA) is 65.0 Å². The number of carbonyl (C=O) groups is 2. The highest BCUT2D eigenvalue weighted by Crippen LogP contribution is 2.70. The summed E-state index contributed by atoms with van der Waals surface area (Å²) in [4.78, 5) is 31.3. The van der Waals surface area contributed by atoms with Crippen LogP contribution in [0.1, 0.15) is 78.2 Å². The highest BCUT2D eigenvalue weighted by molar-refractivity contribution is 6.08. The maximum atomic E-state index is 13.4. The molecule has 1 aliphatic heterocycles. The van der Waals surface area contributed by atoms with Gasteiger partial charge in [0, 0.05) is 18.8 Å². The van der Waals surface area contributed by atoms with Gasteiger partial charge in [0.25, 0.3) is 0 Å². The number of esters is 1. The molecule has 5 heteroatoms. The molecule has 5 nitrogen and oxygen atoms in total. The summed E-state index contributed by atoms with van der Waals surface area (Å²) in [5.74, 6) is 1.51. The van der Waals surface area contributed by atoms with Gasteiger partial charge in [-0.1, -0.05) is 61.0 Å². The molecular formula is C30H37NO4. The number of carbonyl (C=O) groups excluding carboxylic acids is 2. The van der Waals surface area contributed by atoms with Crippen LogP contribution in [0.3, 0.4) is 0 Å². The predicted octanol–water partition coefficient (Wildman–Crippen LogP) is 5.87. The Balaban J connectivity index is 1.35. The Labute approximate surface area is 208 Å². The van der Waals surface area contributed by atoms with E-state index < -0.39 is 5.60 Å². The largest absolute Gasteiger partial charge is 0.462 e. The molecular weight excluding hydrogens is 438 g/mol. The lowest BCUT2D eigenvalue weighted by molar-refractivity contribution is -0.174. The highest BCUT2D eigenvalue weighted by atomic mass is 16.7. The lowest BCUT2D eigenvalue weighted by atomic mass is 9.46. The van der Waals surface area contributed by atoms with Gasteiger partial charge in [-0.3, -0.25) is 9.59 Å². The van der Waals surface area contributed by atoms with Gasteiger partial charge < -0.3 is 9.57 Å². The van der Waals surface area contributed by atoms with E-state index in [2.05, 4.69) is 37.2 Å². The number of oxime groups is 1. The molecule has 35 heavy (non-hydrogen) atoms. The van der Waals surface area contributed by atoms with Crippen molar-refractivity contribution in [2.24, 2.45) is 39.7 Å². The van der Waals surface area contributed by atoms with Gasteiger partial charge >= 0.3 is 5.97 Å². The zero-order valence-electron chi connectivity index (χ0n) is 21.4. The van der Waals surface area contributed by atoms with Gasteiger partial charge in [0.1, 0.15) is 6.10 Å². The van der Waals surface area contributed by atoms with Gasteiger partial charge in [0.05, 0.1) is 11.6 Å². The zero-order chi connectivity index (χ0) is 24.6. The zero-order valence-corrected chi connectivity index (χ0v) is 21.4. The molecule has 0 aromatic heterocycles. The smallest absolute Gasteiger partial charge is 0.302 e. The van der Waals surface area contributed by atoms with Crippen LogP contribution in [0.4, 0.5) is 0 Å². The molecule has 1 heterocycles. The van der Waals surface area contributed by atoms with Crippen LogP contribution in [0, 0.1) is 34.5 Å². The molecule has 4 aliphatic carbocycles. The summed E-state index contributed by atoms with van der Waals surface area (Å²) in [6.45, 7) is 7.99. The second-order valence-electron chi connectivity index (χ2n) is 12.2. The molecule has 1 aromatic carbocycles. The van der Waals surface area contributed by atoms with Crippen molar-refractivity contribution in [2.45, 2.75) is 84.3 Å². The Morgan fingerprint density at radius 2 is 1.83 bits per heavy atom. The second kappa shape index (κ2) is 7.78. The molecule has 0 saturated heterocycles. The first-order valence-corrected chi connectivity index (χ1v) is 13.4. The number of Topliss-reactive ketones (excluding diaryl/α,β-unsaturated/α-hetero) is 1. The third-order valence-electron chi connectivity index (χ3n) is 10.8. The number of ether oxygens (including phenoxy) is 1. The standard InChI is InChI=1S/C30H37NO4/c1-18(32)30-26(27(31-35-30)20-8-6-5-7-9-20)17-25-23-11-10-21-16-22(34-19(2)33)12-14-28(21,3)24(23)13-15-29(25,30)4/h5-10,22-26H,11-17H2,1-4H3/t22-,23-,24+,25+,26+,28-,29+,30-/m0/s1. The Morgan fingerprint density at radius 3 is 2.54 bits per heavy atom. The lowest BCUT2D eigenvalue weighted by Gasteiger charge is -2.58. The molecule has 1 aromatic rings. The van der Waals surface area contributed by atoms with E-state index in [4.69, 9.17) is 9.57 Å². The molecule has 0 radical (unpaired) electrons. The molecule has 0 amide bonds. The number of rotatable bonds is 3. The number of hydrogen-bond acceptors (Lipinski definition) is 5. The van der Waals surface area contributed by atoms with Crippen molar-refractivity contribution in [3.63, 3.8) is 0 Å². The van der Waals surface area contributed by atoms with E-state index in [0.717, 1.165) is 56.2 Å². The molecule has 0 spiro atoms. The molecule has 8 atom stereocenters. The second-order valence-corrected chi connectivity index (χ2v) is 12.2. The number of benzene rings is 1. The third-order valence-corrected chi connectivity index (χ3v) is 10.8. The van der Waals surface area contributed by atoms with E-state index in [9.17, 15) is 9.59 Å². The fraction of sp³-hybridized carbons (Fsp3) is 0.633. The van der Waals surface area contributed by atoms with Crippen LogP contribution in [-0.2, 0) is 19.2 Å². The Morgan fingerprint density at radius 1 is 1.06 bits per heavy atom. The van der Waals surface area contributed by atoms with E-state index in [-0.39, 0.29) is 34.6 Å². The minimum atomic E-state index is -0.855. The Bertz CT molecular complexity index is 1120. The quantitative estimate of drug-likeness (QED) is 0.405. The van der Waals surface area contributed by atoms with Crippen molar-refractivity contribution in [1.82, 2.24) is 0 Å². The van der Waals surface area contributed by atoms with Crippen molar-refractivity contribution >= 4 is 17.5 Å². The molecule has 0 bridgehead atoms. The summed E-state index contributed by atoms with van der Waals surface area (Å²) in [7, 11) is 0. The van der Waals surface area contributed by atoms with Crippen LogP contribution in [0.2, 0.25) is 0 Å². The summed E-state index contributed by atoms with van der Waals surface area (Å²) >= 11 is 0. The van der Waals surface area contributed by atoms with Crippen LogP contribution in [0.15, 0.2) is 47.1 Å². The number of allylic oxidation sites excluding steroid dienone is 1. The average Bonchev–Trinajstić information content (AvgIpc) is 3.34. The molecule has 6 rings (SSSR count). The van der Waals surface area contributed by atoms with Crippen LogP contribution in [-0.4, -0.2) is 29.2 Å². The first-order valence-electron chi connectivity index (χ1n) is 13.4. The summed E-state index contributed by atoms with van der Waals surface area (Å²) in [5, 5.41) is 4.58. The summed E-state index contributed by atoms with van der Waals surface area (Å²) in [6.07, 6.45) is 9.45. The minimum absolute atomic E-state index is 0.00837. The van der Waals surface area contributed by atoms with E-state index in [0.29, 0.717) is 17.8 Å². The fourth-order valence-electron chi connectivity index (χ4n) is 9.23. The Hall–Kier alpha value is -2.43. The average molecular weight is 476 g/mol. The van der Waals surface area contributed by atoms with E-state index >= 15 is 0 Å². The summed E-state index contributed by atoms with van der Waals surface area (Å²) in [5.41, 5.74) is 2.59. The number of fused-ring (bicyclic) bond motifs is 7. The van der Waals surface area contributed by atoms with Gasteiger partial charge in [-0.25, -0.2) is 0 Å². The Kier molecular flexibility index (Phi) is 5.11. The van der Waals surface area contributed by atoms with E-state index in [1.165, 1.54) is 12.5 Å². The van der Waals surface area contributed by atoms with Crippen LogP contribution in [0.25, 0.3) is 0 Å². The van der Waals surface area contributed by atoms with Gasteiger partial charge in [-0.2, -0.15) is 0 Å². The first-order chi connectivity index (χ1) is 16.7. The highest BCUT2D eigenvalue weighted by Gasteiger charge is 2.74. The van der Waals surface area contributed by atoms with Crippen LogP contribution in [0.5, 0.6) is 0 Å². The predicted molar refractivity (Wildman–Crippen MR) is 134 cm³/mol. The SMILES string of the molecule is CC(=O)O[C@H]1CC[C@@]2(C)C(=CC[C@H]3[C@H]2CC[C@]2(C)[C@@H]3C[C@@H]3C(c4ccccc4)=NO[C@@]32C(C)=O)C1. The minimum Gasteiger partial charge on any atom is -0.462 e. The third kappa shape index (κ3) is 3.02.